The first-order valence-corrected chi connectivity index (χ1v) is 8.59. The van der Waals surface area contributed by atoms with Gasteiger partial charge in [-0.3, -0.25) is 0 Å². The molecule has 0 atom stereocenters. The van der Waals surface area contributed by atoms with Crippen LogP contribution in [0.1, 0.15) is 21.8 Å². The number of rotatable bonds is 5. The molecular formula is C13H16FN3O2S2. The quantitative estimate of drug-likeness (QED) is 0.876. The Hall–Kier alpha value is -1.35. The number of benzene rings is 1. The molecule has 0 spiro atoms. The van der Waals surface area contributed by atoms with Gasteiger partial charge in [0.05, 0.1) is 11.4 Å². The number of nitrogens with zero attached hydrogens (tertiary/aromatic N) is 1. The lowest BCUT2D eigenvalue weighted by atomic mass is 10.1. The fraction of sp³-hybridized carbons (Fsp3) is 0.308. The fourth-order valence-corrected chi connectivity index (χ4v) is 3.76. The van der Waals surface area contributed by atoms with Crippen molar-refractivity contribution in [3.05, 3.63) is 45.2 Å². The minimum Gasteiger partial charge on any atom is -0.326 e. The van der Waals surface area contributed by atoms with Gasteiger partial charge in [0, 0.05) is 23.2 Å². The van der Waals surface area contributed by atoms with Gasteiger partial charge in [0.1, 0.15) is 10.8 Å². The normalized spacial score (nSPS) is 11.8. The predicted molar refractivity (Wildman–Crippen MR) is 79.9 cm³/mol. The number of nitrogens with two attached hydrogens (primary N) is 1. The number of halogens is 1. The molecule has 114 valence electrons. The molecule has 0 aliphatic carbocycles. The molecule has 0 amide bonds. The molecule has 2 rings (SSSR count). The predicted octanol–water partition coefficient (Wildman–Crippen LogP) is 1.84. The van der Waals surface area contributed by atoms with Crippen LogP contribution in [0.25, 0.3) is 0 Å². The minimum atomic E-state index is -3.73. The number of hydrogen-bond donors (Lipinski definition) is 2. The number of thiazole rings is 1. The lowest BCUT2D eigenvalue weighted by Gasteiger charge is -2.10. The van der Waals surface area contributed by atoms with Crippen LogP contribution in [-0.2, 0) is 23.1 Å². The van der Waals surface area contributed by atoms with Gasteiger partial charge < -0.3 is 5.73 Å². The second kappa shape index (κ2) is 6.18. The highest BCUT2D eigenvalue weighted by molar-refractivity contribution is 7.89. The summed E-state index contributed by atoms with van der Waals surface area (Å²) in [4.78, 5) is 4.19. The van der Waals surface area contributed by atoms with Crippen molar-refractivity contribution in [3.63, 3.8) is 0 Å². The summed E-state index contributed by atoms with van der Waals surface area (Å²) in [7, 11) is -3.73. The zero-order valence-electron chi connectivity index (χ0n) is 11.7. The summed E-state index contributed by atoms with van der Waals surface area (Å²) in [5, 5.41) is 2.52. The average Bonchev–Trinajstić information content (AvgIpc) is 2.85. The first-order chi connectivity index (χ1) is 9.83. The van der Waals surface area contributed by atoms with Crippen molar-refractivity contribution in [2.45, 2.75) is 31.8 Å². The van der Waals surface area contributed by atoms with Crippen LogP contribution in [-0.4, -0.2) is 13.4 Å². The van der Waals surface area contributed by atoms with Crippen LogP contribution in [0, 0.1) is 19.7 Å². The fourth-order valence-electron chi connectivity index (χ4n) is 1.83. The van der Waals surface area contributed by atoms with E-state index >= 15 is 0 Å². The van der Waals surface area contributed by atoms with Crippen LogP contribution in [0.15, 0.2) is 22.4 Å². The van der Waals surface area contributed by atoms with Crippen molar-refractivity contribution in [1.82, 2.24) is 9.71 Å². The van der Waals surface area contributed by atoms with Crippen LogP contribution >= 0.6 is 11.3 Å². The van der Waals surface area contributed by atoms with Gasteiger partial charge in [-0.05, 0) is 31.5 Å². The summed E-state index contributed by atoms with van der Waals surface area (Å²) < 4.78 is 40.7. The van der Waals surface area contributed by atoms with Crippen molar-refractivity contribution in [1.29, 1.82) is 0 Å². The molecule has 0 saturated carbocycles. The summed E-state index contributed by atoms with van der Waals surface area (Å²) in [6.45, 7) is 3.40. The van der Waals surface area contributed by atoms with Gasteiger partial charge in [-0.1, -0.05) is 0 Å². The SMILES string of the molecule is Cc1csc(CNS(=O)(=O)c2cc(C)c(F)c(CN)c2)n1. The molecule has 21 heavy (non-hydrogen) atoms. The molecule has 0 bridgehead atoms. The Morgan fingerprint density at radius 1 is 1.38 bits per heavy atom. The lowest BCUT2D eigenvalue weighted by molar-refractivity contribution is 0.577. The third-order valence-corrected chi connectivity index (χ3v) is 5.26. The number of aromatic nitrogens is 1. The zero-order chi connectivity index (χ0) is 15.6. The van der Waals surface area contributed by atoms with Gasteiger partial charge in [0.25, 0.3) is 0 Å². The van der Waals surface area contributed by atoms with E-state index in [1.54, 1.807) is 0 Å². The Morgan fingerprint density at radius 3 is 2.67 bits per heavy atom. The molecule has 5 nitrogen and oxygen atoms in total. The van der Waals surface area contributed by atoms with Crippen molar-refractivity contribution in [3.8, 4) is 0 Å². The maximum absolute atomic E-state index is 13.7. The molecular weight excluding hydrogens is 313 g/mol. The Kier molecular flexibility index (Phi) is 4.72. The number of sulfonamides is 1. The number of aryl methyl sites for hydroxylation is 2. The highest BCUT2D eigenvalue weighted by Crippen LogP contribution is 2.19. The van der Waals surface area contributed by atoms with Gasteiger partial charge in [-0.25, -0.2) is 22.5 Å². The van der Waals surface area contributed by atoms with Gasteiger partial charge in [0.2, 0.25) is 10.0 Å². The molecule has 0 radical (unpaired) electrons. The molecule has 8 heteroatoms. The molecule has 3 N–H and O–H groups in total. The molecule has 0 saturated heterocycles. The number of hydrogen-bond acceptors (Lipinski definition) is 5. The van der Waals surface area contributed by atoms with Crippen LogP contribution in [0.2, 0.25) is 0 Å². The van der Waals surface area contributed by atoms with E-state index < -0.39 is 15.8 Å². The van der Waals surface area contributed by atoms with Gasteiger partial charge in [-0.2, -0.15) is 0 Å². The van der Waals surface area contributed by atoms with Crippen molar-refractivity contribution >= 4 is 21.4 Å². The van der Waals surface area contributed by atoms with E-state index in [9.17, 15) is 12.8 Å². The Balaban J connectivity index is 2.25. The summed E-state index contributed by atoms with van der Waals surface area (Å²) in [5.41, 5.74) is 6.71. The van der Waals surface area contributed by atoms with Crippen LogP contribution in [0.4, 0.5) is 4.39 Å². The van der Waals surface area contributed by atoms with Gasteiger partial charge in [0.15, 0.2) is 0 Å². The zero-order valence-corrected chi connectivity index (χ0v) is 13.3. The Labute approximate surface area is 127 Å². The van der Waals surface area contributed by atoms with Crippen LogP contribution < -0.4 is 10.5 Å². The van der Waals surface area contributed by atoms with E-state index in [2.05, 4.69) is 9.71 Å². The smallest absolute Gasteiger partial charge is 0.240 e. The largest absolute Gasteiger partial charge is 0.326 e. The second-order valence-electron chi connectivity index (χ2n) is 4.62. The topological polar surface area (TPSA) is 85.1 Å². The van der Waals surface area contributed by atoms with Crippen molar-refractivity contribution in [2.75, 3.05) is 0 Å². The third-order valence-electron chi connectivity index (χ3n) is 2.91. The van der Waals surface area contributed by atoms with E-state index in [1.807, 2.05) is 12.3 Å². The summed E-state index contributed by atoms with van der Waals surface area (Å²) in [6, 6.07) is 2.56. The average molecular weight is 329 g/mol. The van der Waals surface area contributed by atoms with E-state index in [-0.39, 0.29) is 29.1 Å². The monoisotopic (exact) mass is 329 g/mol. The Bertz CT molecular complexity index is 757. The summed E-state index contributed by atoms with van der Waals surface area (Å²) >= 11 is 1.38. The standard InChI is InChI=1S/C13H16FN3O2S2/c1-8-3-11(4-10(5-15)13(8)14)21(18,19)16-6-12-17-9(2)7-20-12/h3-4,7,16H,5-6,15H2,1-2H3. The minimum absolute atomic E-state index is 0.00938. The maximum Gasteiger partial charge on any atom is 0.240 e. The summed E-state index contributed by atoms with van der Waals surface area (Å²) in [6.07, 6.45) is 0. The first-order valence-electron chi connectivity index (χ1n) is 6.23. The maximum atomic E-state index is 13.7. The molecule has 1 aromatic carbocycles. The highest BCUT2D eigenvalue weighted by Gasteiger charge is 2.18. The van der Waals surface area contributed by atoms with E-state index in [1.165, 1.54) is 30.4 Å². The van der Waals surface area contributed by atoms with Gasteiger partial charge >= 0.3 is 0 Å². The van der Waals surface area contributed by atoms with Crippen LogP contribution in [0.3, 0.4) is 0 Å². The molecule has 0 fully saturated rings. The lowest BCUT2D eigenvalue weighted by Crippen LogP contribution is -2.23. The number of nitrogens with one attached hydrogen (secondary N) is 1. The van der Waals surface area contributed by atoms with Crippen molar-refractivity contribution < 1.29 is 12.8 Å². The van der Waals surface area contributed by atoms with Crippen molar-refractivity contribution in [2.24, 2.45) is 5.73 Å². The second-order valence-corrected chi connectivity index (χ2v) is 7.33. The third kappa shape index (κ3) is 3.65. The van der Waals surface area contributed by atoms with E-state index in [0.717, 1.165) is 5.69 Å². The molecule has 1 aromatic heterocycles. The Morgan fingerprint density at radius 2 is 2.10 bits per heavy atom. The molecule has 0 aliphatic heterocycles. The van der Waals surface area contributed by atoms with E-state index in [0.29, 0.717) is 5.01 Å². The van der Waals surface area contributed by atoms with Crippen LogP contribution in [0.5, 0.6) is 0 Å². The highest BCUT2D eigenvalue weighted by atomic mass is 32.2. The summed E-state index contributed by atoms with van der Waals surface area (Å²) in [5.74, 6) is -0.466. The first kappa shape index (κ1) is 16.0. The van der Waals surface area contributed by atoms with E-state index in [4.69, 9.17) is 5.73 Å². The molecule has 0 unspecified atom stereocenters. The molecule has 2 aromatic rings. The van der Waals surface area contributed by atoms with Gasteiger partial charge in [-0.15, -0.1) is 11.3 Å². The molecule has 0 aliphatic rings. The molecule has 1 heterocycles.